The van der Waals surface area contributed by atoms with Gasteiger partial charge in [-0.15, -0.1) is 12.4 Å². The molecule has 1 aromatic carbocycles. The zero-order valence-corrected chi connectivity index (χ0v) is 10.4. The molecule has 0 bridgehead atoms. The van der Waals surface area contributed by atoms with Gasteiger partial charge in [-0.25, -0.2) is 4.39 Å². The van der Waals surface area contributed by atoms with Crippen molar-refractivity contribution < 1.29 is 9.18 Å². The molecule has 1 atom stereocenters. The lowest BCUT2D eigenvalue weighted by Gasteiger charge is -2.13. The number of para-hydroxylation sites is 1. The third-order valence-corrected chi connectivity index (χ3v) is 2.59. The van der Waals surface area contributed by atoms with E-state index in [-0.39, 0.29) is 30.0 Å². The molecule has 1 aliphatic carbocycles. The number of halogens is 2. The van der Waals surface area contributed by atoms with E-state index in [1.165, 1.54) is 6.07 Å². The molecule has 3 nitrogen and oxygen atoms in total. The lowest BCUT2D eigenvalue weighted by atomic mass is 10.2. The van der Waals surface area contributed by atoms with Gasteiger partial charge < -0.3 is 10.6 Å². The Morgan fingerprint density at radius 1 is 1.41 bits per heavy atom. The predicted molar refractivity (Wildman–Crippen MR) is 67.9 cm³/mol. The van der Waals surface area contributed by atoms with Crippen LogP contribution in [0.2, 0.25) is 0 Å². The van der Waals surface area contributed by atoms with Gasteiger partial charge in [0.1, 0.15) is 5.82 Å². The van der Waals surface area contributed by atoms with Crippen LogP contribution in [0.25, 0.3) is 0 Å². The van der Waals surface area contributed by atoms with Crippen molar-refractivity contribution in [3.8, 4) is 0 Å². The number of carbonyl (C=O) groups excluding carboxylic acids is 1. The zero-order chi connectivity index (χ0) is 11.5. The quantitative estimate of drug-likeness (QED) is 0.870. The minimum absolute atomic E-state index is 0. The number of rotatable bonds is 4. The van der Waals surface area contributed by atoms with Crippen LogP contribution in [0.3, 0.4) is 0 Å². The highest BCUT2D eigenvalue weighted by atomic mass is 35.5. The van der Waals surface area contributed by atoms with E-state index >= 15 is 0 Å². The lowest BCUT2D eigenvalue weighted by molar-refractivity contribution is -0.117. The van der Waals surface area contributed by atoms with Crippen molar-refractivity contribution in [2.24, 2.45) is 0 Å². The molecule has 17 heavy (non-hydrogen) atoms. The fraction of sp³-hybridized carbons (Fsp3) is 0.417. The van der Waals surface area contributed by atoms with Gasteiger partial charge in [-0.2, -0.15) is 0 Å². The van der Waals surface area contributed by atoms with Crippen molar-refractivity contribution in [3.63, 3.8) is 0 Å². The third-order valence-electron chi connectivity index (χ3n) is 2.59. The molecule has 1 aliphatic rings. The Bertz CT molecular complexity index is 396. The predicted octanol–water partition coefficient (Wildman–Crippen LogP) is 2.33. The van der Waals surface area contributed by atoms with Crippen LogP contribution in [0.15, 0.2) is 24.3 Å². The number of benzene rings is 1. The van der Waals surface area contributed by atoms with E-state index in [0.717, 1.165) is 12.8 Å². The average Bonchev–Trinajstić information content (AvgIpc) is 3.05. The van der Waals surface area contributed by atoms with E-state index in [9.17, 15) is 9.18 Å². The molecule has 0 radical (unpaired) electrons. The summed E-state index contributed by atoms with van der Waals surface area (Å²) in [7, 11) is 0. The molecular formula is C12H16ClFN2O. The minimum atomic E-state index is -0.408. The van der Waals surface area contributed by atoms with Gasteiger partial charge in [0.15, 0.2) is 0 Å². The van der Waals surface area contributed by atoms with E-state index in [1.54, 1.807) is 25.1 Å². The molecule has 1 unspecified atom stereocenters. The summed E-state index contributed by atoms with van der Waals surface area (Å²) in [5, 5.41) is 5.73. The fourth-order valence-electron chi connectivity index (χ4n) is 1.48. The SMILES string of the molecule is CC(NC1CC1)C(=O)Nc1ccccc1F.Cl. The molecule has 1 aromatic rings. The van der Waals surface area contributed by atoms with Gasteiger partial charge in [0.05, 0.1) is 11.7 Å². The smallest absolute Gasteiger partial charge is 0.241 e. The summed E-state index contributed by atoms with van der Waals surface area (Å²) in [6.07, 6.45) is 2.24. The first-order valence-corrected chi connectivity index (χ1v) is 5.48. The molecule has 0 heterocycles. The van der Waals surface area contributed by atoms with Crippen LogP contribution >= 0.6 is 12.4 Å². The van der Waals surface area contributed by atoms with E-state index in [1.807, 2.05) is 0 Å². The van der Waals surface area contributed by atoms with Crippen molar-refractivity contribution in [1.29, 1.82) is 0 Å². The Kier molecular flexibility index (Phi) is 4.90. The standard InChI is InChI=1S/C12H15FN2O.ClH/c1-8(14-9-6-7-9)12(16)15-11-5-3-2-4-10(11)13;/h2-5,8-9,14H,6-7H2,1H3,(H,15,16);1H. The summed E-state index contributed by atoms with van der Waals surface area (Å²) in [5.41, 5.74) is 0.233. The van der Waals surface area contributed by atoms with Crippen LogP contribution < -0.4 is 10.6 Å². The summed E-state index contributed by atoms with van der Waals surface area (Å²) in [6.45, 7) is 1.79. The molecule has 0 aliphatic heterocycles. The maximum absolute atomic E-state index is 13.3. The highest BCUT2D eigenvalue weighted by molar-refractivity contribution is 5.94. The zero-order valence-electron chi connectivity index (χ0n) is 9.57. The van der Waals surface area contributed by atoms with Crippen molar-refractivity contribution in [2.75, 3.05) is 5.32 Å². The second-order valence-corrected chi connectivity index (χ2v) is 4.13. The molecule has 0 aromatic heterocycles. The highest BCUT2D eigenvalue weighted by Crippen LogP contribution is 2.19. The molecule has 0 saturated heterocycles. The lowest BCUT2D eigenvalue weighted by Crippen LogP contribution is -2.39. The number of hydrogen-bond donors (Lipinski definition) is 2. The molecule has 1 amide bonds. The van der Waals surface area contributed by atoms with Gasteiger partial charge in [-0.1, -0.05) is 12.1 Å². The van der Waals surface area contributed by atoms with Gasteiger partial charge in [-0.3, -0.25) is 4.79 Å². The van der Waals surface area contributed by atoms with Crippen LogP contribution in [-0.2, 0) is 4.79 Å². The number of amides is 1. The number of nitrogens with one attached hydrogen (secondary N) is 2. The van der Waals surface area contributed by atoms with Crippen LogP contribution in [0.4, 0.5) is 10.1 Å². The van der Waals surface area contributed by atoms with E-state index < -0.39 is 5.82 Å². The van der Waals surface area contributed by atoms with Gasteiger partial charge in [0, 0.05) is 6.04 Å². The summed E-state index contributed by atoms with van der Waals surface area (Å²) in [6, 6.07) is 6.34. The monoisotopic (exact) mass is 258 g/mol. The highest BCUT2D eigenvalue weighted by Gasteiger charge is 2.25. The molecule has 2 N–H and O–H groups in total. The summed E-state index contributed by atoms with van der Waals surface area (Å²) < 4.78 is 13.3. The van der Waals surface area contributed by atoms with Crippen molar-refractivity contribution in [3.05, 3.63) is 30.1 Å². The third kappa shape index (κ3) is 3.98. The number of anilines is 1. The summed E-state index contributed by atoms with van der Waals surface area (Å²) >= 11 is 0. The molecule has 94 valence electrons. The van der Waals surface area contributed by atoms with E-state index in [2.05, 4.69) is 10.6 Å². The molecule has 0 spiro atoms. The first-order chi connectivity index (χ1) is 7.66. The van der Waals surface area contributed by atoms with Crippen LogP contribution in [0.1, 0.15) is 19.8 Å². The maximum atomic E-state index is 13.3. The van der Waals surface area contributed by atoms with Crippen LogP contribution in [0.5, 0.6) is 0 Å². The normalized spacial score (nSPS) is 15.9. The van der Waals surface area contributed by atoms with Crippen LogP contribution in [-0.4, -0.2) is 18.0 Å². The van der Waals surface area contributed by atoms with Gasteiger partial charge in [-0.05, 0) is 31.9 Å². The van der Waals surface area contributed by atoms with Gasteiger partial charge in [0.25, 0.3) is 0 Å². The van der Waals surface area contributed by atoms with Gasteiger partial charge in [0.2, 0.25) is 5.91 Å². The molecular weight excluding hydrogens is 243 g/mol. The largest absolute Gasteiger partial charge is 0.322 e. The summed E-state index contributed by atoms with van der Waals surface area (Å²) in [4.78, 5) is 11.7. The Hall–Kier alpha value is -1.13. The first-order valence-electron chi connectivity index (χ1n) is 5.48. The molecule has 1 fully saturated rings. The second kappa shape index (κ2) is 5.98. The molecule has 5 heteroatoms. The maximum Gasteiger partial charge on any atom is 0.241 e. The average molecular weight is 259 g/mol. The number of carbonyl (C=O) groups is 1. The Morgan fingerprint density at radius 3 is 2.65 bits per heavy atom. The van der Waals surface area contributed by atoms with Crippen molar-refractivity contribution in [1.82, 2.24) is 5.32 Å². The summed E-state index contributed by atoms with van der Waals surface area (Å²) in [5.74, 6) is -0.605. The van der Waals surface area contributed by atoms with Crippen LogP contribution in [0, 0.1) is 5.82 Å². The molecule has 1 saturated carbocycles. The van der Waals surface area contributed by atoms with Gasteiger partial charge >= 0.3 is 0 Å². The number of hydrogen-bond acceptors (Lipinski definition) is 2. The first kappa shape index (κ1) is 13.9. The Labute approximate surface area is 106 Å². The van der Waals surface area contributed by atoms with E-state index in [0.29, 0.717) is 6.04 Å². The topological polar surface area (TPSA) is 41.1 Å². The van der Waals surface area contributed by atoms with Crippen molar-refractivity contribution >= 4 is 24.0 Å². The second-order valence-electron chi connectivity index (χ2n) is 4.13. The fourth-order valence-corrected chi connectivity index (χ4v) is 1.48. The van der Waals surface area contributed by atoms with Crippen molar-refractivity contribution in [2.45, 2.75) is 31.8 Å². The Balaban J connectivity index is 0.00000144. The van der Waals surface area contributed by atoms with E-state index in [4.69, 9.17) is 0 Å². The minimum Gasteiger partial charge on any atom is -0.322 e. The Morgan fingerprint density at radius 2 is 2.06 bits per heavy atom. The molecule has 2 rings (SSSR count).